The summed E-state index contributed by atoms with van der Waals surface area (Å²) in [4.78, 5) is 38.7. The molecule has 3 heterocycles. The van der Waals surface area contributed by atoms with E-state index in [0.717, 1.165) is 0 Å². The highest BCUT2D eigenvalue weighted by molar-refractivity contribution is 6.06. The van der Waals surface area contributed by atoms with Crippen LogP contribution in [0.5, 0.6) is 0 Å². The summed E-state index contributed by atoms with van der Waals surface area (Å²) in [5.41, 5.74) is 0.291. The van der Waals surface area contributed by atoms with Gasteiger partial charge < -0.3 is 19.8 Å². The van der Waals surface area contributed by atoms with Gasteiger partial charge >= 0.3 is 5.97 Å². The Balaban J connectivity index is 1.49. The van der Waals surface area contributed by atoms with Gasteiger partial charge in [-0.05, 0) is 31.2 Å². The molecule has 4 rings (SSSR count). The van der Waals surface area contributed by atoms with Crippen LogP contribution in [0, 0.1) is 5.92 Å². The van der Waals surface area contributed by atoms with Gasteiger partial charge in [0.05, 0.1) is 29.3 Å². The molecule has 1 fully saturated rings. The predicted octanol–water partition coefficient (Wildman–Crippen LogP) is 1.92. The predicted molar refractivity (Wildman–Crippen MR) is 104 cm³/mol. The number of nitrogens with zero attached hydrogens (tertiary/aromatic N) is 1. The molecule has 2 N–H and O–H groups in total. The molecule has 0 unspecified atom stereocenters. The fraction of sp³-hybridized carbons (Fsp3) is 0.381. The molecular weight excluding hydrogens is 374 g/mol. The lowest BCUT2D eigenvalue weighted by molar-refractivity contribution is -0.142. The smallest absolute Gasteiger partial charge is 0.303 e. The topological polar surface area (TPSA) is 101 Å². The van der Waals surface area contributed by atoms with Gasteiger partial charge in [0.2, 0.25) is 5.91 Å². The molecule has 2 amide bonds. The van der Waals surface area contributed by atoms with Gasteiger partial charge in [-0.2, -0.15) is 0 Å². The molecule has 2 aromatic rings. The van der Waals surface area contributed by atoms with Crippen molar-refractivity contribution in [2.45, 2.75) is 32.5 Å². The molecule has 1 aromatic carbocycles. The number of hydrogen-bond acceptors (Lipinski definition) is 6. The number of carbonyl (C=O) groups excluding carboxylic acids is 3. The summed E-state index contributed by atoms with van der Waals surface area (Å²) in [6.07, 6.45) is 0. The number of ether oxygens (including phenoxy) is 1. The van der Waals surface area contributed by atoms with Gasteiger partial charge in [-0.15, -0.1) is 0 Å². The minimum absolute atomic E-state index is 0.0897. The van der Waals surface area contributed by atoms with E-state index >= 15 is 0 Å². The first-order chi connectivity index (χ1) is 13.8. The molecule has 8 nitrogen and oxygen atoms in total. The Labute approximate surface area is 168 Å². The van der Waals surface area contributed by atoms with Crippen LogP contribution in [0.2, 0.25) is 0 Å². The van der Waals surface area contributed by atoms with Gasteiger partial charge in [-0.25, -0.2) is 0 Å². The third kappa shape index (κ3) is 3.88. The number of amides is 2. The van der Waals surface area contributed by atoms with Crippen LogP contribution in [-0.2, 0) is 27.5 Å². The van der Waals surface area contributed by atoms with E-state index in [-0.39, 0.29) is 24.4 Å². The van der Waals surface area contributed by atoms with Crippen LogP contribution in [0.4, 0.5) is 5.69 Å². The van der Waals surface area contributed by atoms with Crippen molar-refractivity contribution in [2.24, 2.45) is 5.92 Å². The van der Waals surface area contributed by atoms with Gasteiger partial charge in [0.15, 0.2) is 0 Å². The second-order valence-corrected chi connectivity index (χ2v) is 7.78. The maximum Gasteiger partial charge on any atom is 0.303 e. The molecule has 29 heavy (non-hydrogen) atoms. The zero-order valence-corrected chi connectivity index (χ0v) is 16.4. The number of likely N-dealkylation sites (tertiary alicyclic amines) is 1. The number of hydrogen-bond donors (Lipinski definition) is 2. The fourth-order valence-corrected chi connectivity index (χ4v) is 4.03. The molecule has 0 spiro atoms. The van der Waals surface area contributed by atoms with Crippen molar-refractivity contribution in [1.82, 2.24) is 10.2 Å². The number of esters is 1. The Morgan fingerprint density at radius 2 is 2.00 bits per heavy atom. The molecule has 152 valence electrons. The summed E-state index contributed by atoms with van der Waals surface area (Å²) >= 11 is 0. The van der Waals surface area contributed by atoms with E-state index in [0.29, 0.717) is 42.4 Å². The van der Waals surface area contributed by atoms with E-state index in [1.807, 2.05) is 13.0 Å². The summed E-state index contributed by atoms with van der Waals surface area (Å²) in [7, 11) is 0. The van der Waals surface area contributed by atoms with E-state index in [1.54, 1.807) is 30.3 Å². The molecule has 1 aromatic heterocycles. The largest absolute Gasteiger partial charge is 0.461 e. The average molecular weight is 397 g/mol. The fourth-order valence-electron chi connectivity index (χ4n) is 4.03. The quantitative estimate of drug-likeness (QED) is 0.765. The van der Waals surface area contributed by atoms with Crippen LogP contribution >= 0.6 is 0 Å². The van der Waals surface area contributed by atoms with Crippen molar-refractivity contribution < 1.29 is 23.5 Å². The summed E-state index contributed by atoms with van der Waals surface area (Å²) in [6, 6.07) is 10.6. The number of fused-ring (bicyclic) bond motifs is 2. The van der Waals surface area contributed by atoms with E-state index in [4.69, 9.17) is 9.15 Å². The van der Waals surface area contributed by atoms with Crippen molar-refractivity contribution >= 4 is 23.5 Å². The average Bonchev–Trinajstić information content (AvgIpc) is 3.23. The first-order valence-electron chi connectivity index (χ1n) is 9.50. The first-order valence-corrected chi connectivity index (χ1v) is 9.50. The summed E-state index contributed by atoms with van der Waals surface area (Å²) < 4.78 is 10.7. The molecule has 2 atom stereocenters. The third-order valence-corrected chi connectivity index (χ3v) is 5.42. The zero-order chi connectivity index (χ0) is 20.6. The van der Waals surface area contributed by atoms with Gasteiger partial charge in [0, 0.05) is 20.0 Å². The van der Waals surface area contributed by atoms with Crippen molar-refractivity contribution in [3.63, 3.8) is 0 Å². The number of rotatable bonds is 4. The van der Waals surface area contributed by atoms with Crippen molar-refractivity contribution in [3.05, 3.63) is 53.5 Å². The normalized spacial score (nSPS) is 24.0. The van der Waals surface area contributed by atoms with Gasteiger partial charge in [0.1, 0.15) is 18.1 Å². The maximum absolute atomic E-state index is 12.9. The molecule has 0 saturated carbocycles. The molecule has 0 radical (unpaired) electrons. The first kappa shape index (κ1) is 19.2. The van der Waals surface area contributed by atoms with Crippen LogP contribution in [0.25, 0.3) is 0 Å². The molecule has 1 saturated heterocycles. The van der Waals surface area contributed by atoms with E-state index < -0.39 is 11.5 Å². The summed E-state index contributed by atoms with van der Waals surface area (Å²) in [5, 5.41) is 5.97. The van der Waals surface area contributed by atoms with Gasteiger partial charge in [-0.1, -0.05) is 12.1 Å². The Morgan fingerprint density at radius 1 is 1.24 bits per heavy atom. The SMILES string of the molecule is CC(=O)OCc1ccc(CN2C[C@H]3C(=O)Nc4ccccc4C(=O)N[C@@]3(C)C2)o1. The summed E-state index contributed by atoms with van der Waals surface area (Å²) in [5.74, 6) is 0.201. The minimum atomic E-state index is -0.693. The highest BCUT2D eigenvalue weighted by atomic mass is 16.5. The van der Waals surface area contributed by atoms with Gasteiger partial charge in [0.25, 0.3) is 5.91 Å². The van der Waals surface area contributed by atoms with Crippen LogP contribution in [0.3, 0.4) is 0 Å². The highest BCUT2D eigenvalue weighted by Crippen LogP contribution is 2.33. The molecule has 2 aliphatic rings. The standard InChI is InChI=1S/C21H23N3O5/c1-13(25)28-11-15-8-7-14(29-15)9-24-10-17-20(27)22-18-6-4-3-5-16(18)19(26)23-21(17,2)12-24/h3-8,17H,9-12H2,1-2H3,(H,22,27)(H,23,26)/t17-,21-/m0/s1. The Kier molecular flexibility index (Phi) is 4.87. The molecule has 0 bridgehead atoms. The van der Waals surface area contributed by atoms with Crippen molar-refractivity contribution in [3.8, 4) is 0 Å². The lowest BCUT2D eigenvalue weighted by atomic mass is 9.86. The number of furan rings is 1. The molecule has 0 aliphatic carbocycles. The van der Waals surface area contributed by atoms with E-state index in [9.17, 15) is 14.4 Å². The van der Waals surface area contributed by atoms with Crippen LogP contribution < -0.4 is 10.6 Å². The number of benzene rings is 1. The Hall–Kier alpha value is -3.13. The highest BCUT2D eigenvalue weighted by Gasteiger charge is 2.49. The zero-order valence-electron chi connectivity index (χ0n) is 16.4. The van der Waals surface area contributed by atoms with Crippen LogP contribution in [-0.4, -0.2) is 41.3 Å². The maximum atomic E-state index is 12.9. The second kappa shape index (κ2) is 7.36. The Bertz CT molecular complexity index is 969. The number of nitrogens with one attached hydrogen (secondary N) is 2. The Morgan fingerprint density at radius 3 is 2.79 bits per heavy atom. The number of carbonyl (C=O) groups is 3. The molecule has 2 aliphatic heterocycles. The van der Waals surface area contributed by atoms with Crippen LogP contribution in [0.1, 0.15) is 35.7 Å². The minimum Gasteiger partial charge on any atom is -0.461 e. The van der Waals surface area contributed by atoms with Crippen molar-refractivity contribution in [1.29, 1.82) is 0 Å². The van der Waals surface area contributed by atoms with Crippen molar-refractivity contribution in [2.75, 3.05) is 18.4 Å². The summed E-state index contributed by atoms with van der Waals surface area (Å²) in [6.45, 7) is 4.83. The lowest BCUT2D eigenvalue weighted by Gasteiger charge is -2.33. The van der Waals surface area contributed by atoms with E-state index in [2.05, 4.69) is 15.5 Å². The van der Waals surface area contributed by atoms with E-state index in [1.165, 1.54) is 6.92 Å². The second-order valence-electron chi connectivity index (χ2n) is 7.78. The molecule has 8 heteroatoms. The van der Waals surface area contributed by atoms with Gasteiger partial charge in [-0.3, -0.25) is 19.3 Å². The van der Waals surface area contributed by atoms with Crippen LogP contribution in [0.15, 0.2) is 40.8 Å². The third-order valence-electron chi connectivity index (χ3n) is 5.42. The number of para-hydroxylation sites is 1. The monoisotopic (exact) mass is 397 g/mol. The number of anilines is 1. The molecular formula is C21H23N3O5. The lowest BCUT2D eigenvalue weighted by Crippen LogP contribution is -2.56.